The predicted octanol–water partition coefficient (Wildman–Crippen LogP) is 2.66. The topological polar surface area (TPSA) is 49.3 Å². The van der Waals surface area contributed by atoms with Crippen LogP contribution < -0.4 is 5.32 Å². The number of hydrogen-bond donors (Lipinski definition) is 2. The zero-order chi connectivity index (χ0) is 12.1. The third-order valence-corrected chi connectivity index (χ3v) is 3.08. The van der Waals surface area contributed by atoms with E-state index in [1.807, 2.05) is 0 Å². The summed E-state index contributed by atoms with van der Waals surface area (Å²) in [5.74, 6) is 0.207. The van der Waals surface area contributed by atoms with Crippen molar-refractivity contribution in [1.29, 1.82) is 0 Å². The van der Waals surface area contributed by atoms with E-state index in [9.17, 15) is 9.90 Å². The molecule has 1 unspecified atom stereocenters. The first-order valence-electron chi connectivity index (χ1n) is 4.83. The van der Waals surface area contributed by atoms with Crippen LogP contribution in [0, 0.1) is 0 Å². The summed E-state index contributed by atoms with van der Waals surface area (Å²) in [6.45, 7) is 1.90. The van der Waals surface area contributed by atoms with Crippen molar-refractivity contribution in [3.05, 3.63) is 28.2 Å². The third kappa shape index (κ3) is 3.77. The molecule has 1 aromatic carbocycles. The Kier molecular flexibility index (Phi) is 5.25. The molecule has 0 saturated carbocycles. The van der Waals surface area contributed by atoms with Gasteiger partial charge in [-0.1, -0.05) is 0 Å². The average molecular weight is 307 g/mol. The van der Waals surface area contributed by atoms with Crippen LogP contribution in [-0.4, -0.2) is 29.4 Å². The van der Waals surface area contributed by atoms with Crippen LogP contribution in [-0.2, 0) is 0 Å². The number of alkyl halides is 1. The number of carbonyl (C=O) groups is 1. The molecule has 16 heavy (non-hydrogen) atoms. The number of rotatable bonds is 5. The lowest BCUT2D eigenvalue weighted by atomic mass is 10.1. The summed E-state index contributed by atoms with van der Waals surface area (Å²) in [5.41, 5.74) is 1.48. The first-order valence-corrected chi connectivity index (χ1v) is 6.15. The Hall–Kier alpha value is -0.580. The van der Waals surface area contributed by atoms with Gasteiger partial charge in [0.1, 0.15) is 0 Å². The van der Waals surface area contributed by atoms with Gasteiger partial charge in [0.15, 0.2) is 5.78 Å². The van der Waals surface area contributed by atoms with Crippen molar-refractivity contribution in [3.63, 3.8) is 0 Å². The molecular formula is C11H13BrClNO2. The molecule has 0 aliphatic rings. The van der Waals surface area contributed by atoms with Gasteiger partial charge in [-0.25, -0.2) is 0 Å². The molecule has 1 atom stereocenters. The van der Waals surface area contributed by atoms with Crippen LogP contribution in [0.3, 0.4) is 0 Å². The van der Waals surface area contributed by atoms with Gasteiger partial charge in [0.25, 0.3) is 0 Å². The van der Waals surface area contributed by atoms with Crippen LogP contribution in [0.15, 0.2) is 22.7 Å². The lowest BCUT2D eigenvalue weighted by molar-refractivity contribution is 0.101. The Balaban J connectivity index is 2.70. The smallest absolute Gasteiger partial charge is 0.160 e. The van der Waals surface area contributed by atoms with Crippen molar-refractivity contribution in [2.75, 3.05) is 17.7 Å². The highest BCUT2D eigenvalue weighted by molar-refractivity contribution is 9.10. The van der Waals surface area contributed by atoms with Crippen molar-refractivity contribution >= 4 is 39.0 Å². The summed E-state index contributed by atoms with van der Waals surface area (Å²) in [4.78, 5) is 11.2. The number of ketones is 1. The van der Waals surface area contributed by atoms with Crippen LogP contribution >= 0.6 is 27.5 Å². The van der Waals surface area contributed by atoms with Crippen LogP contribution in [0.2, 0.25) is 0 Å². The molecule has 0 heterocycles. The second-order valence-corrected chi connectivity index (χ2v) is 4.60. The molecule has 1 aromatic rings. The van der Waals surface area contributed by atoms with Gasteiger partial charge in [-0.3, -0.25) is 4.79 Å². The fraction of sp³-hybridized carbons (Fsp3) is 0.364. The zero-order valence-electron chi connectivity index (χ0n) is 8.84. The largest absolute Gasteiger partial charge is 0.390 e. The van der Waals surface area contributed by atoms with E-state index in [2.05, 4.69) is 21.2 Å². The number of nitrogens with one attached hydrogen (secondary N) is 1. The fourth-order valence-electron chi connectivity index (χ4n) is 1.20. The van der Waals surface area contributed by atoms with Gasteiger partial charge in [-0.15, -0.1) is 11.6 Å². The van der Waals surface area contributed by atoms with E-state index in [1.54, 1.807) is 18.2 Å². The monoisotopic (exact) mass is 305 g/mol. The fourth-order valence-corrected chi connectivity index (χ4v) is 1.97. The molecule has 0 fully saturated rings. The summed E-state index contributed by atoms with van der Waals surface area (Å²) < 4.78 is 0.741. The number of halogens is 2. The van der Waals surface area contributed by atoms with Gasteiger partial charge in [-0.2, -0.15) is 0 Å². The van der Waals surface area contributed by atoms with Crippen LogP contribution in [0.1, 0.15) is 17.3 Å². The van der Waals surface area contributed by atoms with Gasteiger partial charge in [0, 0.05) is 22.3 Å². The van der Waals surface area contributed by atoms with E-state index in [0.717, 1.165) is 10.2 Å². The molecule has 2 N–H and O–H groups in total. The SMILES string of the molecule is CC(=O)c1ccc(NCC(O)CCl)cc1Br. The number of hydrogen-bond acceptors (Lipinski definition) is 3. The van der Waals surface area contributed by atoms with E-state index in [1.165, 1.54) is 6.92 Å². The van der Waals surface area contributed by atoms with Crippen molar-refractivity contribution in [2.24, 2.45) is 0 Å². The number of benzene rings is 1. The molecule has 5 heteroatoms. The van der Waals surface area contributed by atoms with E-state index in [0.29, 0.717) is 12.1 Å². The quantitative estimate of drug-likeness (QED) is 0.649. The number of aliphatic hydroxyl groups excluding tert-OH is 1. The van der Waals surface area contributed by atoms with Gasteiger partial charge in [0.05, 0.1) is 12.0 Å². The summed E-state index contributed by atoms with van der Waals surface area (Å²) in [6.07, 6.45) is -0.576. The van der Waals surface area contributed by atoms with E-state index in [-0.39, 0.29) is 11.7 Å². The number of carbonyl (C=O) groups excluding carboxylic acids is 1. The molecule has 88 valence electrons. The maximum Gasteiger partial charge on any atom is 0.160 e. The van der Waals surface area contributed by atoms with Crippen molar-refractivity contribution in [1.82, 2.24) is 0 Å². The van der Waals surface area contributed by atoms with E-state index < -0.39 is 6.10 Å². The van der Waals surface area contributed by atoms with Crippen molar-refractivity contribution in [2.45, 2.75) is 13.0 Å². The Morgan fingerprint density at radius 2 is 2.31 bits per heavy atom. The maximum absolute atomic E-state index is 11.2. The highest BCUT2D eigenvalue weighted by Crippen LogP contribution is 2.21. The standard InChI is InChI=1S/C11H13BrClNO2/c1-7(15)10-3-2-8(4-11(10)12)14-6-9(16)5-13/h2-4,9,14,16H,5-6H2,1H3. The molecule has 0 aliphatic carbocycles. The van der Waals surface area contributed by atoms with Gasteiger partial charge in [0.2, 0.25) is 0 Å². The second-order valence-electron chi connectivity index (χ2n) is 3.44. The normalized spacial score (nSPS) is 12.2. The number of Topliss-reactive ketones (excluding diaryl/α,β-unsaturated/α-hetero) is 1. The minimum Gasteiger partial charge on any atom is -0.390 e. The Labute approximate surface area is 108 Å². The Morgan fingerprint density at radius 1 is 1.62 bits per heavy atom. The highest BCUT2D eigenvalue weighted by Gasteiger charge is 2.06. The molecule has 0 aliphatic heterocycles. The van der Waals surface area contributed by atoms with Crippen LogP contribution in [0.4, 0.5) is 5.69 Å². The summed E-state index contributed by atoms with van der Waals surface area (Å²) in [7, 11) is 0. The van der Waals surface area contributed by atoms with Gasteiger partial charge < -0.3 is 10.4 Å². The molecule has 0 aromatic heterocycles. The minimum atomic E-state index is -0.576. The van der Waals surface area contributed by atoms with Crippen LogP contribution in [0.25, 0.3) is 0 Å². The molecule has 0 radical (unpaired) electrons. The maximum atomic E-state index is 11.2. The lowest BCUT2D eigenvalue weighted by Gasteiger charge is -2.11. The first-order chi connectivity index (χ1) is 7.54. The molecule has 0 saturated heterocycles. The molecule has 1 rings (SSSR count). The molecular weight excluding hydrogens is 293 g/mol. The molecule has 0 amide bonds. The second kappa shape index (κ2) is 6.23. The molecule has 0 spiro atoms. The van der Waals surface area contributed by atoms with Crippen molar-refractivity contribution < 1.29 is 9.90 Å². The molecule has 3 nitrogen and oxygen atoms in total. The average Bonchev–Trinajstić information content (AvgIpc) is 2.25. The van der Waals surface area contributed by atoms with Gasteiger partial charge in [-0.05, 0) is 41.1 Å². The summed E-state index contributed by atoms with van der Waals surface area (Å²) >= 11 is 8.79. The summed E-state index contributed by atoms with van der Waals surface area (Å²) in [5, 5.41) is 12.3. The third-order valence-electron chi connectivity index (χ3n) is 2.07. The first kappa shape index (κ1) is 13.5. The molecule has 0 bridgehead atoms. The number of anilines is 1. The predicted molar refractivity (Wildman–Crippen MR) is 69.4 cm³/mol. The minimum absolute atomic E-state index is 0.0132. The van der Waals surface area contributed by atoms with E-state index >= 15 is 0 Å². The lowest BCUT2D eigenvalue weighted by Crippen LogP contribution is -2.20. The zero-order valence-corrected chi connectivity index (χ0v) is 11.2. The van der Waals surface area contributed by atoms with Crippen LogP contribution in [0.5, 0.6) is 0 Å². The van der Waals surface area contributed by atoms with Crippen molar-refractivity contribution in [3.8, 4) is 0 Å². The Morgan fingerprint density at radius 3 is 2.81 bits per heavy atom. The number of aliphatic hydroxyl groups is 1. The highest BCUT2D eigenvalue weighted by atomic mass is 79.9. The Bertz CT molecular complexity index is 384. The summed E-state index contributed by atoms with van der Waals surface area (Å²) in [6, 6.07) is 5.34. The van der Waals surface area contributed by atoms with E-state index in [4.69, 9.17) is 11.6 Å². The van der Waals surface area contributed by atoms with Gasteiger partial charge >= 0.3 is 0 Å².